The summed E-state index contributed by atoms with van der Waals surface area (Å²) in [5, 5.41) is 0. The molecular formula is C21H16F2N3Pt-3. The van der Waals surface area contributed by atoms with Crippen LogP contribution in [-0.2, 0) is 21.1 Å². The average Bonchev–Trinajstić information content (AvgIpc) is 3.10. The van der Waals surface area contributed by atoms with Gasteiger partial charge in [-0.3, -0.25) is 8.78 Å². The zero-order valence-corrected chi connectivity index (χ0v) is 16.7. The minimum Gasteiger partial charge on any atom is -0.510 e. The molecule has 0 atom stereocenters. The first kappa shape index (κ1) is 20.8. The van der Waals surface area contributed by atoms with Gasteiger partial charge < -0.3 is 14.8 Å². The van der Waals surface area contributed by atoms with Gasteiger partial charge in [-0.25, -0.2) is 0 Å². The van der Waals surface area contributed by atoms with Crippen molar-refractivity contribution >= 4 is 5.69 Å². The monoisotopic (exact) mass is 543 g/mol. The van der Waals surface area contributed by atoms with Gasteiger partial charge >= 0.3 is 0 Å². The van der Waals surface area contributed by atoms with Crippen LogP contribution in [0.2, 0.25) is 0 Å². The molecule has 0 N–H and O–H groups in total. The Morgan fingerprint density at radius 3 is 2.44 bits per heavy atom. The van der Waals surface area contributed by atoms with Crippen molar-refractivity contribution in [2.45, 2.75) is 0 Å². The summed E-state index contributed by atoms with van der Waals surface area (Å²) in [5.74, 6) is -1.29. The summed E-state index contributed by atoms with van der Waals surface area (Å²) in [6.45, 7) is 2.01. The van der Waals surface area contributed by atoms with Gasteiger partial charge in [0.25, 0.3) is 0 Å². The van der Waals surface area contributed by atoms with E-state index in [9.17, 15) is 8.78 Å². The van der Waals surface area contributed by atoms with Crippen molar-refractivity contribution in [2.24, 2.45) is 0 Å². The Hall–Kier alpha value is -2.52. The Bertz CT molecular complexity index is 873. The predicted molar refractivity (Wildman–Crippen MR) is 97.4 cm³/mol. The number of anilines is 1. The normalized spacial score (nSPS) is 12.3. The van der Waals surface area contributed by atoms with E-state index in [1.165, 1.54) is 0 Å². The largest absolute Gasteiger partial charge is 0.510 e. The van der Waals surface area contributed by atoms with Gasteiger partial charge in [0.05, 0.1) is 0 Å². The molecule has 0 saturated carbocycles. The van der Waals surface area contributed by atoms with Crippen LogP contribution in [-0.4, -0.2) is 16.9 Å². The Balaban J connectivity index is 0.000000189. The van der Waals surface area contributed by atoms with Gasteiger partial charge in [-0.1, -0.05) is 23.8 Å². The minimum absolute atomic E-state index is 0. The number of benzene rings is 2. The number of hydrogen-bond acceptors (Lipinski definition) is 3. The maximum atomic E-state index is 13.2. The third kappa shape index (κ3) is 5.73. The second-order valence-corrected chi connectivity index (χ2v) is 5.49. The van der Waals surface area contributed by atoms with Crippen LogP contribution in [0.1, 0.15) is 0 Å². The first-order valence-electron chi connectivity index (χ1n) is 7.92. The average molecular weight is 543 g/mol. The van der Waals surface area contributed by atoms with Gasteiger partial charge in [-0.15, -0.1) is 17.8 Å². The van der Waals surface area contributed by atoms with Crippen molar-refractivity contribution in [1.29, 1.82) is 0 Å². The minimum atomic E-state index is -0.649. The molecule has 3 aromatic rings. The van der Waals surface area contributed by atoms with Crippen molar-refractivity contribution in [3.8, 4) is 11.3 Å². The van der Waals surface area contributed by atoms with E-state index in [2.05, 4.69) is 17.1 Å². The van der Waals surface area contributed by atoms with Crippen LogP contribution in [0.15, 0.2) is 73.2 Å². The molecule has 6 heteroatoms. The van der Waals surface area contributed by atoms with Crippen LogP contribution in [0.5, 0.6) is 0 Å². The number of pyridine rings is 1. The van der Waals surface area contributed by atoms with Crippen LogP contribution in [0.25, 0.3) is 11.3 Å². The van der Waals surface area contributed by atoms with Crippen LogP contribution in [0.3, 0.4) is 0 Å². The topological polar surface area (TPSA) is 19.4 Å². The van der Waals surface area contributed by atoms with E-state index in [4.69, 9.17) is 0 Å². The third-order valence-corrected chi connectivity index (χ3v) is 3.52. The van der Waals surface area contributed by atoms with Gasteiger partial charge in [0.15, 0.2) is 0 Å². The number of hydrogen-bond donors (Lipinski definition) is 0. The Morgan fingerprint density at radius 1 is 1.04 bits per heavy atom. The van der Waals surface area contributed by atoms with Crippen molar-refractivity contribution in [3.05, 3.63) is 104 Å². The molecule has 2 aromatic carbocycles. The van der Waals surface area contributed by atoms with Gasteiger partial charge in [0.1, 0.15) is 0 Å². The number of halogens is 2. The van der Waals surface area contributed by atoms with E-state index in [-0.39, 0.29) is 26.6 Å². The van der Waals surface area contributed by atoms with Crippen molar-refractivity contribution in [1.82, 2.24) is 9.88 Å². The van der Waals surface area contributed by atoms with Crippen LogP contribution >= 0.6 is 0 Å². The molecule has 4 rings (SSSR count). The van der Waals surface area contributed by atoms with Gasteiger partial charge in [-0.2, -0.15) is 37.0 Å². The van der Waals surface area contributed by atoms with Gasteiger partial charge in [0.2, 0.25) is 0 Å². The Labute approximate surface area is 172 Å². The number of rotatable bonds is 2. The maximum Gasteiger partial charge on any atom is 0.0408 e. The zero-order chi connectivity index (χ0) is 18.4. The quantitative estimate of drug-likeness (QED) is 0.439. The third-order valence-electron chi connectivity index (χ3n) is 3.52. The molecule has 0 saturated heterocycles. The maximum absolute atomic E-state index is 13.2. The molecule has 1 aromatic heterocycles. The molecule has 0 bridgehead atoms. The van der Waals surface area contributed by atoms with Crippen molar-refractivity contribution in [2.75, 3.05) is 11.9 Å². The van der Waals surface area contributed by atoms with Crippen LogP contribution in [0, 0.1) is 30.4 Å². The molecule has 1 aliphatic rings. The molecule has 0 spiro atoms. The summed E-state index contributed by atoms with van der Waals surface area (Å²) in [4.78, 5) is 7.97. The number of para-hydroxylation sites is 1. The Kier molecular flexibility index (Phi) is 7.68. The molecule has 3 nitrogen and oxygen atoms in total. The summed E-state index contributed by atoms with van der Waals surface area (Å²) in [6.07, 6.45) is 5.55. The van der Waals surface area contributed by atoms with Crippen molar-refractivity contribution in [3.63, 3.8) is 0 Å². The second kappa shape index (κ2) is 9.98. The molecular weight excluding hydrogens is 527 g/mol. The standard InChI is InChI=1S/C11H6F2N.C10H10N2.Pt/c12-8-4-5-9(10(13)7-8)11-3-1-2-6-14-11;1-11-7-8-12(9-11)10-5-3-2-4-6-10;/h1-4,6-7H;2-5,7-9H,1H3;/q-1;-2;. The van der Waals surface area contributed by atoms with E-state index in [0.717, 1.165) is 17.8 Å². The van der Waals surface area contributed by atoms with Crippen LogP contribution in [0.4, 0.5) is 14.5 Å². The number of nitrogens with zero attached hydrogens (tertiary/aromatic N) is 3. The molecule has 0 aliphatic carbocycles. The fraction of sp³-hybridized carbons (Fsp3) is 0.0476. The summed E-state index contributed by atoms with van der Waals surface area (Å²) < 4.78 is 25.8. The summed E-state index contributed by atoms with van der Waals surface area (Å²) in [7, 11) is 2.00. The predicted octanol–water partition coefficient (Wildman–Crippen LogP) is 4.65. The zero-order valence-electron chi connectivity index (χ0n) is 14.4. The SMILES string of the molecule is CN1C=CN(c2[c-]cccc2)[CH-]1.Fc1c[c-]c(-c2ccccn2)c(F)c1.[Pt]. The first-order valence-corrected chi connectivity index (χ1v) is 7.92. The molecule has 0 unspecified atom stereocenters. The summed E-state index contributed by atoms with van der Waals surface area (Å²) in [5.41, 5.74) is 1.70. The molecule has 0 radical (unpaired) electrons. The van der Waals surface area contributed by atoms with E-state index in [1.807, 2.05) is 60.2 Å². The molecule has 0 fully saturated rings. The van der Waals surface area contributed by atoms with Gasteiger partial charge in [0, 0.05) is 38.9 Å². The van der Waals surface area contributed by atoms with Gasteiger partial charge in [-0.05, 0) is 31.2 Å². The molecule has 0 amide bonds. The number of aromatic nitrogens is 1. The fourth-order valence-electron chi connectivity index (χ4n) is 2.29. The summed E-state index contributed by atoms with van der Waals surface area (Å²) in [6, 6.07) is 20.6. The second-order valence-electron chi connectivity index (χ2n) is 5.49. The van der Waals surface area contributed by atoms with E-state index in [1.54, 1.807) is 24.4 Å². The van der Waals surface area contributed by atoms with E-state index < -0.39 is 11.6 Å². The van der Waals surface area contributed by atoms with E-state index >= 15 is 0 Å². The molecule has 1 aliphatic heterocycles. The molecule has 142 valence electrons. The van der Waals surface area contributed by atoms with Crippen LogP contribution < -0.4 is 4.90 Å². The van der Waals surface area contributed by atoms with Crippen molar-refractivity contribution < 1.29 is 29.8 Å². The molecule has 2 heterocycles. The summed E-state index contributed by atoms with van der Waals surface area (Å²) >= 11 is 0. The first-order chi connectivity index (χ1) is 12.6. The molecule has 27 heavy (non-hydrogen) atoms. The van der Waals surface area contributed by atoms with E-state index in [0.29, 0.717) is 5.69 Å². The smallest absolute Gasteiger partial charge is 0.0408 e. The Morgan fingerprint density at radius 2 is 1.85 bits per heavy atom. The fourth-order valence-corrected chi connectivity index (χ4v) is 2.29.